The molecular weight excluding hydrogens is 280 g/mol. The molecule has 120 valence electrons. The van der Waals surface area contributed by atoms with Gasteiger partial charge in [0.25, 0.3) is 0 Å². The first-order valence-corrected chi connectivity index (χ1v) is 8.72. The molecule has 0 bridgehead atoms. The van der Waals surface area contributed by atoms with E-state index >= 15 is 0 Å². The molecule has 0 amide bonds. The zero-order valence-electron chi connectivity index (χ0n) is 13.0. The van der Waals surface area contributed by atoms with Crippen LogP contribution in [0.2, 0.25) is 0 Å². The van der Waals surface area contributed by atoms with E-state index in [0.717, 1.165) is 26.3 Å². The van der Waals surface area contributed by atoms with Gasteiger partial charge in [0, 0.05) is 32.8 Å². The minimum absolute atomic E-state index is 0.198. The van der Waals surface area contributed by atoms with Gasteiger partial charge in [-0.15, -0.1) is 0 Å². The SMILES string of the molecule is COCC(C)S(=O)(=O)NCC(C(C)C)N1CCOCC1. The standard InChI is InChI=1S/C13H28N2O4S/c1-11(2)13(15-5-7-19-8-6-15)9-14-20(16,17)12(3)10-18-4/h11-14H,5-10H2,1-4H3. The smallest absolute Gasteiger partial charge is 0.216 e. The highest BCUT2D eigenvalue weighted by atomic mass is 32.2. The van der Waals surface area contributed by atoms with Crippen molar-refractivity contribution >= 4 is 10.0 Å². The lowest BCUT2D eigenvalue weighted by Crippen LogP contribution is -2.52. The van der Waals surface area contributed by atoms with Gasteiger partial charge in [0.2, 0.25) is 10.0 Å². The number of nitrogens with one attached hydrogen (secondary N) is 1. The maximum atomic E-state index is 12.1. The van der Waals surface area contributed by atoms with Gasteiger partial charge in [0.15, 0.2) is 0 Å². The van der Waals surface area contributed by atoms with E-state index in [2.05, 4.69) is 23.5 Å². The summed E-state index contributed by atoms with van der Waals surface area (Å²) in [4.78, 5) is 2.30. The monoisotopic (exact) mass is 308 g/mol. The first kappa shape index (κ1) is 17.8. The molecule has 0 aliphatic carbocycles. The third kappa shape index (κ3) is 5.29. The minimum atomic E-state index is -3.32. The number of methoxy groups -OCH3 is 1. The lowest BCUT2D eigenvalue weighted by molar-refractivity contribution is 0.00774. The summed E-state index contributed by atoms with van der Waals surface area (Å²) in [6, 6.07) is 0.198. The largest absolute Gasteiger partial charge is 0.383 e. The number of rotatable bonds is 8. The zero-order valence-corrected chi connectivity index (χ0v) is 13.8. The minimum Gasteiger partial charge on any atom is -0.383 e. The van der Waals surface area contributed by atoms with Crippen LogP contribution in [-0.2, 0) is 19.5 Å². The van der Waals surface area contributed by atoms with Gasteiger partial charge in [-0.25, -0.2) is 13.1 Å². The Kier molecular flexibility index (Phi) is 7.39. The van der Waals surface area contributed by atoms with Crippen LogP contribution >= 0.6 is 0 Å². The molecule has 1 saturated heterocycles. The van der Waals surface area contributed by atoms with Crippen LogP contribution < -0.4 is 4.72 Å². The molecule has 6 nitrogen and oxygen atoms in total. The summed E-state index contributed by atoms with van der Waals surface area (Å²) in [5.41, 5.74) is 0. The van der Waals surface area contributed by atoms with Crippen molar-refractivity contribution < 1.29 is 17.9 Å². The van der Waals surface area contributed by atoms with Crippen LogP contribution in [0, 0.1) is 5.92 Å². The Hall–Kier alpha value is -0.210. The van der Waals surface area contributed by atoms with Crippen molar-refractivity contribution in [1.29, 1.82) is 0 Å². The molecule has 7 heteroatoms. The Balaban J connectivity index is 2.58. The second-order valence-corrected chi connectivity index (χ2v) is 7.80. The zero-order chi connectivity index (χ0) is 15.2. The predicted molar refractivity (Wildman–Crippen MR) is 79.3 cm³/mol. The fraction of sp³-hybridized carbons (Fsp3) is 1.00. The fourth-order valence-corrected chi connectivity index (χ4v) is 3.37. The number of nitrogens with zero attached hydrogens (tertiary/aromatic N) is 1. The molecule has 0 aromatic rings. The van der Waals surface area contributed by atoms with Crippen molar-refractivity contribution in [2.24, 2.45) is 5.92 Å². The van der Waals surface area contributed by atoms with Gasteiger partial charge >= 0.3 is 0 Å². The molecule has 0 saturated carbocycles. The van der Waals surface area contributed by atoms with E-state index in [4.69, 9.17) is 9.47 Å². The van der Waals surface area contributed by atoms with Crippen LogP contribution in [0.5, 0.6) is 0 Å². The molecule has 0 aromatic carbocycles. The Morgan fingerprint density at radius 2 is 1.85 bits per heavy atom. The average molecular weight is 308 g/mol. The van der Waals surface area contributed by atoms with Gasteiger partial charge in [-0.1, -0.05) is 13.8 Å². The third-order valence-electron chi connectivity index (χ3n) is 3.71. The van der Waals surface area contributed by atoms with Gasteiger partial charge in [0.05, 0.1) is 25.1 Å². The number of morpholine rings is 1. The third-order valence-corrected chi connectivity index (χ3v) is 5.47. The number of hydrogen-bond acceptors (Lipinski definition) is 5. The summed E-state index contributed by atoms with van der Waals surface area (Å²) >= 11 is 0. The Labute approximate surface area is 122 Å². The highest BCUT2D eigenvalue weighted by molar-refractivity contribution is 7.90. The molecule has 2 atom stereocenters. The van der Waals surface area contributed by atoms with Gasteiger partial charge in [-0.3, -0.25) is 4.90 Å². The summed E-state index contributed by atoms with van der Waals surface area (Å²) < 4.78 is 37.2. The van der Waals surface area contributed by atoms with Gasteiger partial charge in [-0.2, -0.15) is 0 Å². The molecule has 2 unspecified atom stereocenters. The molecule has 1 rings (SSSR count). The molecule has 1 aliphatic rings. The molecule has 0 spiro atoms. The molecule has 1 fully saturated rings. The van der Waals surface area contributed by atoms with Gasteiger partial charge in [-0.05, 0) is 12.8 Å². The van der Waals surface area contributed by atoms with Gasteiger partial charge in [0.1, 0.15) is 0 Å². The second kappa shape index (κ2) is 8.29. The Bertz CT molecular complexity index is 367. The van der Waals surface area contributed by atoms with E-state index in [1.54, 1.807) is 6.92 Å². The van der Waals surface area contributed by atoms with E-state index in [9.17, 15) is 8.42 Å². The van der Waals surface area contributed by atoms with E-state index in [1.165, 1.54) is 7.11 Å². The van der Waals surface area contributed by atoms with E-state index in [1.807, 2.05) is 0 Å². The van der Waals surface area contributed by atoms with Crippen molar-refractivity contribution in [3.8, 4) is 0 Å². The lowest BCUT2D eigenvalue weighted by atomic mass is 10.0. The molecule has 1 N–H and O–H groups in total. The molecule has 1 aliphatic heterocycles. The summed E-state index contributed by atoms with van der Waals surface area (Å²) in [6.07, 6.45) is 0. The highest BCUT2D eigenvalue weighted by Gasteiger charge is 2.27. The first-order chi connectivity index (χ1) is 9.38. The average Bonchev–Trinajstić information content (AvgIpc) is 2.40. The van der Waals surface area contributed by atoms with Crippen LogP contribution in [0.25, 0.3) is 0 Å². The van der Waals surface area contributed by atoms with Crippen molar-refractivity contribution in [2.45, 2.75) is 32.1 Å². The fourth-order valence-electron chi connectivity index (χ4n) is 2.36. The molecule has 0 aromatic heterocycles. The summed E-state index contributed by atoms with van der Waals surface area (Å²) in [7, 11) is -1.81. The van der Waals surface area contributed by atoms with Crippen molar-refractivity contribution in [2.75, 3.05) is 46.6 Å². The molecule has 20 heavy (non-hydrogen) atoms. The number of sulfonamides is 1. The van der Waals surface area contributed by atoms with E-state index in [-0.39, 0.29) is 12.6 Å². The van der Waals surface area contributed by atoms with Crippen LogP contribution in [-0.4, -0.2) is 71.2 Å². The number of ether oxygens (including phenoxy) is 2. The maximum Gasteiger partial charge on any atom is 0.216 e. The molecule has 0 radical (unpaired) electrons. The van der Waals surface area contributed by atoms with Crippen LogP contribution in [0.3, 0.4) is 0 Å². The highest BCUT2D eigenvalue weighted by Crippen LogP contribution is 2.13. The van der Waals surface area contributed by atoms with Crippen LogP contribution in [0.15, 0.2) is 0 Å². The van der Waals surface area contributed by atoms with Crippen molar-refractivity contribution in [3.63, 3.8) is 0 Å². The Morgan fingerprint density at radius 1 is 1.25 bits per heavy atom. The van der Waals surface area contributed by atoms with Crippen molar-refractivity contribution in [3.05, 3.63) is 0 Å². The topological polar surface area (TPSA) is 67.9 Å². The number of hydrogen-bond donors (Lipinski definition) is 1. The van der Waals surface area contributed by atoms with Crippen LogP contribution in [0.1, 0.15) is 20.8 Å². The molecule has 1 heterocycles. The van der Waals surface area contributed by atoms with Crippen LogP contribution in [0.4, 0.5) is 0 Å². The quantitative estimate of drug-likeness (QED) is 0.698. The lowest BCUT2D eigenvalue weighted by Gasteiger charge is -2.37. The maximum absolute atomic E-state index is 12.1. The summed E-state index contributed by atoms with van der Waals surface area (Å²) in [5, 5.41) is -0.537. The van der Waals surface area contributed by atoms with E-state index < -0.39 is 15.3 Å². The van der Waals surface area contributed by atoms with E-state index in [0.29, 0.717) is 12.5 Å². The summed E-state index contributed by atoms with van der Waals surface area (Å²) in [5.74, 6) is 0.383. The Morgan fingerprint density at radius 3 is 2.35 bits per heavy atom. The summed E-state index contributed by atoms with van der Waals surface area (Å²) in [6.45, 7) is 9.70. The molecular formula is C13H28N2O4S. The normalized spacial score (nSPS) is 21.1. The second-order valence-electron chi connectivity index (χ2n) is 5.62. The first-order valence-electron chi connectivity index (χ1n) is 7.17. The van der Waals surface area contributed by atoms with Crippen molar-refractivity contribution in [1.82, 2.24) is 9.62 Å². The van der Waals surface area contributed by atoms with Gasteiger partial charge < -0.3 is 9.47 Å². The predicted octanol–water partition coefficient (Wildman–Crippen LogP) is 0.298.